The highest BCUT2D eigenvalue weighted by Gasteiger charge is 2.31. The molecule has 15 heavy (non-hydrogen) atoms. The van der Waals surface area contributed by atoms with Crippen LogP contribution in [0, 0.1) is 6.92 Å². The lowest BCUT2D eigenvalue weighted by molar-refractivity contribution is -0.137. The summed E-state index contributed by atoms with van der Waals surface area (Å²) in [5.74, 6) is 0.376. The zero-order valence-corrected chi connectivity index (χ0v) is 7.71. The summed E-state index contributed by atoms with van der Waals surface area (Å²) in [6.45, 7) is 1.58. The van der Waals surface area contributed by atoms with Gasteiger partial charge in [0, 0.05) is 6.20 Å². The number of hydrogen-bond acceptors (Lipinski definition) is 3. The fourth-order valence-corrected chi connectivity index (χ4v) is 1.27. The summed E-state index contributed by atoms with van der Waals surface area (Å²) < 4.78 is 38.2. The second-order valence-electron chi connectivity index (χ2n) is 3.11. The zero-order valence-electron chi connectivity index (χ0n) is 7.71. The van der Waals surface area contributed by atoms with E-state index in [4.69, 9.17) is 5.73 Å². The molecule has 2 N–H and O–H groups in total. The predicted molar refractivity (Wildman–Crippen MR) is 47.1 cm³/mol. The Labute approximate surface area is 82.5 Å². The maximum atomic E-state index is 12.4. The number of alkyl halides is 3. The molecule has 0 aromatic carbocycles. The van der Waals surface area contributed by atoms with E-state index in [1.807, 2.05) is 0 Å². The molecule has 80 valence electrons. The van der Waals surface area contributed by atoms with Crippen molar-refractivity contribution in [2.45, 2.75) is 13.1 Å². The number of nitrogens with two attached hydrogens (primary N) is 1. The number of aryl methyl sites for hydroxylation is 1. The minimum Gasteiger partial charge on any atom is -0.396 e. The molecule has 0 unspecified atom stereocenters. The van der Waals surface area contributed by atoms with Gasteiger partial charge in [0.15, 0.2) is 5.65 Å². The quantitative estimate of drug-likeness (QED) is 0.728. The SMILES string of the molecule is Cc1nc2c(N)cc(C(F)(F)F)cn2n1. The highest BCUT2D eigenvalue weighted by atomic mass is 19.4. The van der Waals surface area contributed by atoms with Crippen LogP contribution >= 0.6 is 0 Å². The maximum absolute atomic E-state index is 12.4. The predicted octanol–water partition coefficient (Wildman–Crippen LogP) is 1.64. The molecule has 2 aromatic heterocycles. The Morgan fingerprint density at radius 1 is 1.40 bits per heavy atom. The van der Waals surface area contributed by atoms with Crippen molar-refractivity contribution in [3.05, 3.63) is 23.7 Å². The summed E-state index contributed by atoms with van der Waals surface area (Å²) in [5, 5.41) is 3.77. The summed E-state index contributed by atoms with van der Waals surface area (Å²) in [5.41, 5.74) is 4.81. The van der Waals surface area contributed by atoms with Crippen LogP contribution in [0.5, 0.6) is 0 Å². The van der Waals surface area contributed by atoms with E-state index in [2.05, 4.69) is 10.1 Å². The van der Waals surface area contributed by atoms with E-state index in [0.29, 0.717) is 5.82 Å². The fraction of sp³-hybridized carbons (Fsp3) is 0.250. The zero-order chi connectivity index (χ0) is 11.2. The molecule has 0 bridgehead atoms. The molecule has 0 atom stereocenters. The third-order valence-corrected chi connectivity index (χ3v) is 1.90. The molecule has 0 saturated carbocycles. The van der Waals surface area contributed by atoms with Gasteiger partial charge in [-0.3, -0.25) is 0 Å². The van der Waals surface area contributed by atoms with Crippen LogP contribution < -0.4 is 5.73 Å². The summed E-state index contributed by atoms with van der Waals surface area (Å²) in [4.78, 5) is 3.90. The number of pyridine rings is 1. The van der Waals surface area contributed by atoms with Gasteiger partial charge in [0.1, 0.15) is 5.82 Å². The smallest absolute Gasteiger partial charge is 0.396 e. The first-order valence-corrected chi connectivity index (χ1v) is 4.07. The summed E-state index contributed by atoms with van der Waals surface area (Å²) in [6, 6.07) is 0.851. The molecule has 2 aromatic rings. The number of nitrogens with zero attached hydrogens (tertiary/aromatic N) is 3. The van der Waals surface area contributed by atoms with Crippen molar-refractivity contribution in [3.8, 4) is 0 Å². The van der Waals surface area contributed by atoms with Gasteiger partial charge in [0.05, 0.1) is 11.3 Å². The van der Waals surface area contributed by atoms with E-state index < -0.39 is 11.7 Å². The van der Waals surface area contributed by atoms with Crippen molar-refractivity contribution in [1.29, 1.82) is 0 Å². The molecule has 7 heteroatoms. The Kier molecular flexibility index (Phi) is 1.85. The van der Waals surface area contributed by atoms with Crippen LogP contribution in [0.2, 0.25) is 0 Å². The largest absolute Gasteiger partial charge is 0.417 e. The van der Waals surface area contributed by atoms with Gasteiger partial charge in [-0.05, 0) is 13.0 Å². The number of anilines is 1. The van der Waals surface area contributed by atoms with E-state index in [1.165, 1.54) is 0 Å². The van der Waals surface area contributed by atoms with Gasteiger partial charge in [-0.2, -0.15) is 18.3 Å². The molecule has 4 nitrogen and oxygen atoms in total. The Morgan fingerprint density at radius 2 is 2.07 bits per heavy atom. The van der Waals surface area contributed by atoms with Gasteiger partial charge >= 0.3 is 6.18 Å². The Balaban J connectivity index is 2.72. The lowest BCUT2D eigenvalue weighted by Crippen LogP contribution is -2.08. The van der Waals surface area contributed by atoms with Crippen molar-refractivity contribution in [3.63, 3.8) is 0 Å². The number of halogens is 3. The van der Waals surface area contributed by atoms with Crippen molar-refractivity contribution in [1.82, 2.24) is 14.6 Å². The lowest BCUT2D eigenvalue weighted by atomic mass is 10.2. The fourth-order valence-electron chi connectivity index (χ4n) is 1.27. The second-order valence-corrected chi connectivity index (χ2v) is 3.11. The summed E-state index contributed by atoms with van der Waals surface area (Å²) in [6.07, 6.45) is -3.56. The van der Waals surface area contributed by atoms with Crippen molar-refractivity contribution >= 4 is 11.3 Å². The Bertz CT molecular complexity index is 514. The van der Waals surface area contributed by atoms with E-state index in [1.54, 1.807) is 6.92 Å². The standard InChI is InChI=1S/C8H7F3N4/c1-4-13-7-6(12)2-5(8(9,10)11)3-15(7)14-4/h2-3H,12H2,1H3. The highest BCUT2D eigenvalue weighted by Crippen LogP contribution is 2.30. The molecular weight excluding hydrogens is 209 g/mol. The van der Waals surface area contributed by atoms with E-state index >= 15 is 0 Å². The minimum atomic E-state index is -4.43. The van der Waals surface area contributed by atoms with Crippen LogP contribution in [0.25, 0.3) is 5.65 Å². The minimum absolute atomic E-state index is 0.0366. The molecule has 0 aliphatic carbocycles. The summed E-state index contributed by atoms with van der Waals surface area (Å²) >= 11 is 0. The van der Waals surface area contributed by atoms with Crippen molar-refractivity contribution in [2.75, 3.05) is 5.73 Å². The number of hydrogen-bond donors (Lipinski definition) is 1. The van der Waals surface area contributed by atoms with Gasteiger partial charge in [-0.15, -0.1) is 0 Å². The molecule has 0 radical (unpaired) electrons. The topological polar surface area (TPSA) is 56.2 Å². The van der Waals surface area contributed by atoms with Crippen LogP contribution in [-0.2, 0) is 6.18 Å². The molecule has 0 spiro atoms. The van der Waals surface area contributed by atoms with Crippen molar-refractivity contribution in [2.24, 2.45) is 0 Å². The Hall–Kier alpha value is -1.79. The molecule has 0 amide bonds. The maximum Gasteiger partial charge on any atom is 0.417 e. The summed E-state index contributed by atoms with van der Waals surface area (Å²) in [7, 11) is 0. The third-order valence-electron chi connectivity index (χ3n) is 1.90. The monoisotopic (exact) mass is 216 g/mol. The van der Waals surface area contributed by atoms with Crippen LogP contribution in [-0.4, -0.2) is 14.6 Å². The lowest BCUT2D eigenvalue weighted by Gasteiger charge is -2.07. The molecule has 2 heterocycles. The number of aromatic nitrogens is 3. The average Bonchev–Trinajstić information content (AvgIpc) is 2.44. The van der Waals surface area contributed by atoms with E-state index in [0.717, 1.165) is 16.8 Å². The highest BCUT2D eigenvalue weighted by molar-refractivity contribution is 5.65. The molecule has 0 fully saturated rings. The van der Waals surface area contributed by atoms with Gasteiger partial charge in [-0.25, -0.2) is 9.50 Å². The first kappa shape index (κ1) is 9.75. The third kappa shape index (κ3) is 1.60. The van der Waals surface area contributed by atoms with Crippen molar-refractivity contribution < 1.29 is 13.2 Å². The van der Waals surface area contributed by atoms with Crippen LogP contribution in [0.1, 0.15) is 11.4 Å². The van der Waals surface area contributed by atoms with Crippen LogP contribution in [0.3, 0.4) is 0 Å². The molecule has 0 aliphatic heterocycles. The number of rotatable bonds is 0. The van der Waals surface area contributed by atoms with Gasteiger partial charge in [0.2, 0.25) is 0 Å². The van der Waals surface area contributed by atoms with Crippen LogP contribution in [0.15, 0.2) is 12.3 Å². The molecule has 2 rings (SSSR count). The first-order chi connectivity index (χ1) is 6.88. The normalized spacial score (nSPS) is 12.3. The van der Waals surface area contributed by atoms with E-state index in [-0.39, 0.29) is 11.3 Å². The number of nitrogen functional groups attached to an aromatic ring is 1. The number of fused-ring (bicyclic) bond motifs is 1. The molecule has 0 saturated heterocycles. The molecule has 0 aliphatic rings. The van der Waals surface area contributed by atoms with Gasteiger partial charge in [0.25, 0.3) is 0 Å². The Morgan fingerprint density at radius 3 is 2.67 bits per heavy atom. The molecular formula is C8H7F3N4. The second kappa shape index (κ2) is 2.85. The van der Waals surface area contributed by atoms with Crippen LogP contribution in [0.4, 0.5) is 18.9 Å². The average molecular weight is 216 g/mol. The van der Waals surface area contributed by atoms with Gasteiger partial charge < -0.3 is 5.73 Å². The van der Waals surface area contributed by atoms with E-state index in [9.17, 15) is 13.2 Å². The van der Waals surface area contributed by atoms with Gasteiger partial charge in [-0.1, -0.05) is 0 Å². The first-order valence-electron chi connectivity index (χ1n) is 4.07.